The molecule has 0 aliphatic carbocycles. The van der Waals surface area contributed by atoms with Crippen molar-refractivity contribution in [2.24, 2.45) is 5.10 Å². The first-order valence-electron chi connectivity index (χ1n) is 6.84. The number of hydrogen-bond acceptors (Lipinski definition) is 6. The zero-order valence-corrected chi connectivity index (χ0v) is 14.6. The van der Waals surface area contributed by atoms with E-state index in [4.69, 9.17) is 4.74 Å². The Morgan fingerprint density at radius 1 is 1.35 bits per heavy atom. The van der Waals surface area contributed by atoms with Gasteiger partial charge in [-0.3, -0.25) is 15.5 Å². The van der Waals surface area contributed by atoms with Gasteiger partial charge in [0.15, 0.2) is 11.5 Å². The molecule has 0 unspecified atom stereocenters. The van der Waals surface area contributed by atoms with E-state index in [1.807, 2.05) is 0 Å². The second-order valence-electron chi connectivity index (χ2n) is 4.90. The standard InChI is InChI=1S/C15H11BrF3N3O4/c1-26-14-4-8(10(16)6-13(14)23)7-20-21-11-3-2-9(15(17,18)19)5-12(11)22(24)25/h2-7,21,23H,1H3/b20-7-. The quantitative estimate of drug-likeness (QED) is 0.409. The number of nitro benzene ring substituents is 1. The SMILES string of the molecule is COc1cc(/C=N\Nc2ccc(C(F)(F)F)cc2[N+](=O)[O-])c(Br)cc1O. The van der Waals surface area contributed by atoms with Crippen LogP contribution in [0.3, 0.4) is 0 Å². The van der Waals surface area contributed by atoms with E-state index < -0.39 is 22.4 Å². The van der Waals surface area contributed by atoms with Crippen molar-refractivity contribution in [1.82, 2.24) is 0 Å². The van der Waals surface area contributed by atoms with Crippen LogP contribution >= 0.6 is 15.9 Å². The predicted octanol–water partition coefficient (Wildman–Crippen LogP) is 4.54. The lowest BCUT2D eigenvalue weighted by Gasteiger charge is -2.08. The Hall–Kier alpha value is -2.82. The summed E-state index contributed by atoms with van der Waals surface area (Å²) in [6.45, 7) is 0. The molecule has 0 saturated heterocycles. The number of nitrogens with zero attached hydrogens (tertiary/aromatic N) is 2. The number of nitrogens with one attached hydrogen (secondary N) is 1. The summed E-state index contributed by atoms with van der Waals surface area (Å²) in [6, 6.07) is 4.87. The largest absolute Gasteiger partial charge is 0.504 e. The lowest BCUT2D eigenvalue weighted by Crippen LogP contribution is -2.06. The summed E-state index contributed by atoms with van der Waals surface area (Å²) in [7, 11) is 1.35. The highest BCUT2D eigenvalue weighted by Crippen LogP contribution is 2.35. The van der Waals surface area contributed by atoms with E-state index in [-0.39, 0.29) is 17.2 Å². The number of phenolic OH excluding ortho intramolecular Hbond substituents is 1. The van der Waals surface area contributed by atoms with Crippen molar-refractivity contribution in [3.05, 3.63) is 56.0 Å². The molecule has 0 aliphatic rings. The van der Waals surface area contributed by atoms with Gasteiger partial charge in [-0.2, -0.15) is 18.3 Å². The van der Waals surface area contributed by atoms with Crippen molar-refractivity contribution in [2.75, 3.05) is 12.5 Å². The maximum absolute atomic E-state index is 12.7. The minimum atomic E-state index is -4.69. The lowest BCUT2D eigenvalue weighted by molar-refractivity contribution is -0.384. The summed E-state index contributed by atoms with van der Waals surface area (Å²) in [5, 5.41) is 24.4. The number of ether oxygens (including phenoxy) is 1. The third kappa shape index (κ3) is 4.42. The van der Waals surface area contributed by atoms with Gasteiger partial charge in [0.1, 0.15) is 5.69 Å². The molecule has 2 aromatic carbocycles. The zero-order chi connectivity index (χ0) is 19.5. The van der Waals surface area contributed by atoms with Gasteiger partial charge in [-0.05, 0) is 40.2 Å². The predicted molar refractivity (Wildman–Crippen MR) is 91.7 cm³/mol. The fraction of sp³-hybridized carbons (Fsp3) is 0.133. The maximum atomic E-state index is 12.7. The second-order valence-corrected chi connectivity index (χ2v) is 5.76. The number of nitro groups is 1. The number of aromatic hydroxyl groups is 1. The van der Waals surface area contributed by atoms with Crippen LogP contribution in [0.25, 0.3) is 0 Å². The molecule has 26 heavy (non-hydrogen) atoms. The van der Waals surface area contributed by atoms with E-state index in [1.54, 1.807) is 0 Å². The topological polar surface area (TPSA) is 97.0 Å². The van der Waals surface area contributed by atoms with Crippen LogP contribution in [-0.2, 0) is 6.18 Å². The van der Waals surface area contributed by atoms with Gasteiger partial charge in [0.2, 0.25) is 0 Å². The Kier molecular flexibility index (Phi) is 5.70. The monoisotopic (exact) mass is 433 g/mol. The number of halogens is 4. The molecule has 0 amide bonds. The second kappa shape index (κ2) is 7.60. The van der Waals surface area contributed by atoms with Crippen LogP contribution in [0.2, 0.25) is 0 Å². The summed E-state index contributed by atoms with van der Waals surface area (Å²) in [6.07, 6.45) is -3.44. The molecule has 2 aromatic rings. The van der Waals surface area contributed by atoms with Gasteiger partial charge in [0.25, 0.3) is 5.69 Å². The fourth-order valence-corrected chi connectivity index (χ4v) is 2.38. The molecule has 0 fully saturated rings. The Balaban J connectivity index is 2.29. The number of alkyl halides is 3. The average molecular weight is 434 g/mol. The maximum Gasteiger partial charge on any atom is 0.416 e. The van der Waals surface area contributed by atoms with Crippen molar-refractivity contribution < 1.29 is 27.9 Å². The summed E-state index contributed by atoms with van der Waals surface area (Å²) < 4.78 is 43.4. The van der Waals surface area contributed by atoms with Crippen molar-refractivity contribution in [3.8, 4) is 11.5 Å². The molecule has 0 atom stereocenters. The van der Waals surface area contributed by atoms with Crippen molar-refractivity contribution in [1.29, 1.82) is 0 Å². The third-order valence-corrected chi connectivity index (χ3v) is 3.90. The van der Waals surface area contributed by atoms with Crippen molar-refractivity contribution >= 4 is 33.5 Å². The Labute approximate surface area is 153 Å². The highest BCUT2D eigenvalue weighted by molar-refractivity contribution is 9.10. The van der Waals surface area contributed by atoms with Gasteiger partial charge in [0, 0.05) is 16.1 Å². The van der Waals surface area contributed by atoms with Crippen LogP contribution in [0.15, 0.2) is 39.9 Å². The van der Waals surface area contributed by atoms with Crippen LogP contribution in [-0.4, -0.2) is 23.4 Å². The van der Waals surface area contributed by atoms with Crippen LogP contribution in [0.4, 0.5) is 24.5 Å². The summed E-state index contributed by atoms with van der Waals surface area (Å²) in [5.74, 6) is 0.0676. The van der Waals surface area contributed by atoms with Crippen LogP contribution < -0.4 is 10.2 Å². The number of phenols is 1. The van der Waals surface area contributed by atoms with Crippen LogP contribution in [0.1, 0.15) is 11.1 Å². The molecule has 11 heteroatoms. The van der Waals surface area contributed by atoms with E-state index in [1.165, 1.54) is 25.5 Å². The molecule has 2 N–H and O–H groups in total. The summed E-state index contributed by atoms with van der Waals surface area (Å²) >= 11 is 3.20. The molecular weight excluding hydrogens is 423 g/mol. The normalized spacial score (nSPS) is 11.6. The van der Waals surface area contributed by atoms with Crippen molar-refractivity contribution in [3.63, 3.8) is 0 Å². The van der Waals surface area contributed by atoms with Crippen LogP contribution in [0, 0.1) is 10.1 Å². The average Bonchev–Trinajstić information content (AvgIpc) is 2.55. The smallest absolute Gasteiger partial charge is 0.416 e. The van der Waals surface area contributed by atoms with Gasteiger partial charge >= 0.3 is 6.18 Å². The first-order chi connectivity index (χ1) is 12.1. The molecular formula is C15H11BrF3N3O4. The molecule has 7 nitrogen and oxygen atoms in total. The molecule has 0 saturated carbocycles. The lowest BCUT2D eigenvalue weighted by atomic mass is 10.1. The molecule has 0 spiro atoms. The third-order valence-electron chi connectivity index (χ3n) is 3.21. The molecule has 0 aliphatic heterocycles. The highest BCUT2D eigenvalue weighted by atomic mass is 79.9. The molecule has 0 radical (unpaired) electrons. The number of anilines is 1. The number of benzene rings is 2. The highest BCUT2D eigenvalue weighted by Gasteiger charge is 2.33. The summed E-state index contributed by atoms with van der Waals surface area (Å²) in [5.41, 5.74) is 0.691. The Morgan fingerprint density at radius 2 is 2.04 bits per heavy atom. The minimum Gasteiger partial charge on any atom is -0.504 e. The number of hydrogen-bond donors (Lipinski definition) is 2. The minimum absolute atomic E-state index is 0.108. The molecule has 0 bridgehead atoms. The fourth-order valence-electron chi connectivity index (χ4n) is 1.95. The van der Waals surface area contributed by atoms with Gasteiger partial charge in [-0.1, -0.05) is 0 Å². The van der Waals surface area contributed by atoms with E-state index in [9.17, 15) is 28.4 Å². The molecule has 0 aromatic heterocycles. The zero-order valence-electron chi connectivity index (χ0n) is 13.0. The van der Waals surface area contributed by atoms with E-state index >= 15 is 0 Å². The Morgan fingerprint density at radius 3 is 2.62 bits per heavy atom. The number of rotatable bonds is 5. The molecule has 138 valence electrons. The molecule has 2 rings (SSSR count). The van der Waals surface area contributed by atoms with E-state index in [2.05, 4.69) is 26.5 Å². The first-order valence-corrected chi connectivity index (χ1v) is 7.64. The van der Waals surface area contributed by atoms with Gasteiger partial charge in [-0.15, -0.1) is 0 Å². The van der Waals surface area contributed by atoms with Gasteiger partial charge in [0.05, 0.1) is 23.8 Å². The molecule has 0 heterocycles. The summed E-state index contributed by atoms with van der Waals surface area (Å²) in [4.78, 5) is 10.1. The van der Waals surface area contributed by atoms with Crippen LogP contribution in [0.5, 0.6) is 11.5 Å². The number of methoxy groups -OCH3 is 1. The van der Waals surface area contributed by atoms with Gasteiger partial charge in [-0.25, -0.2) is 0 Å². The van der Waals surface area contributed by atoms with E-state index in [0.717, 1.165) is 6.07 Å². The first kappa shape index (κ1) is 19.5. The Bertz CT molecular complexity index is 872. The van der Waals surface area contributed by atoms with Crippen molar-refractivity contribution in [2.45, 2.75) is 6.18 Å². The number of hydrazone groups is 1. The van der Waals surface area contributed by atoms with E-state index in [0.29, 0.717) is 22.2 Å². The van der Waals surface area contributed by atoms with Gasteiger partial charge < -0.3 is 9.84 Å².